The van der Waals surface area contributed by atoms with Crippen LogP contribution in [0.1, 0.15) is 47.8 Å². The molecule has 0 aromatic carbocycles. The SMILES string of the molecule is Cc1nc(C)c(C(=O)N(CC2CCCN2)C2CC2)o1. The van der Waals surface area contributed by atoms with Crippen LogP contribution in [0.2, 0.25) is 0 Å². The maximum Gasteiger partial charge on any atom is 0.291 e. The lowest BCUT2D eigenvalue weighted by molar-refractivity contribution is 0.0694. The molecule has 5 nitrogen and oxygen atoms in total. The van der Waals surface area contributed by atoms with Crippen LogP contribution in [0.15, 0.2) is 4.42 Å². The first kappa shape index (κ1) is 12.7. The van der Waals surface area contributed by atoms with Crippen molar-refractivity contribution in [3.05, 3.63) is 17.3 Å². The summed E-state index contributed by atoms with van der Waals surface area (Å²) in [6.07, 6.45) is 4.60. The summed E-state index contributed by atoms with van der Waals surface area (Å²) < 4.78 is 5.48. The van der Waals surface area contributed by atoms with Gasteiger partial charge in [-0.3, -0.25) is 4.79 Å². The fourth-order valence-corrected chi connectivity index (χ4v) is 2.79. The molecule has 104 valence electrons. The number of hydrogen-bond donors (Lipinski definition) is 1. The second-order valence-electron chi connectivity index (χ2n) is 5.63. The number of amides is 1. The largest absolute Gasteiger partial charge is 0.436 e. The van der Waals surface area contributed by atoms with Gasteiger partial charge in [0.15, 0.2) is 5.89 Å². The molecule has 3 rings (SSSR count). The van der Waals surface area contributed by atoms with E-state index in [1.165, 1.54) is 6.42 Å². The van der Waals surface area contributed by atoms with Gasteiger partial charge < -0.3 is 14.6 Å². The Kier molecular flexibility index (Phi) is 3.31. The first-order chi connectivity index (χ1) is 9.15. The maximum atomic E-state index is 12.6. The molecule has 5 heteroatoms. The van der Waals surface area contributed by atoms with E-state index in [2.05, 4.69) is 10.3 Å². The molecule has 1 saturated heterocycles. The van der Waals surface area contributed by atoms with Gasteiger partial charge in [0, 0.05) is 25.6 Å². The quantitative estimate of drug-likeness (QED) is 0.897. The van der Waals surface area contributed by atoms with Crippen molar-refractivity contribution in [2.45, 2.75) is 51.6 Å². The Labute approximate surface area is 113 Å². The van der Waals surface area contributed by atoms with Gasteiger partial charge in [0.2, 0.25) is 5.76 Å². The molecule has 1 aliphatic carbocycles. The van der Waals surface area contributed by atoms with Crippen molar-refractivity contribution in [3.8, 4) is 0 Å². The molecule has 1 unspecified atom stereocenters. The number of aromatic nitrogens is 1. The van der Waals surface area contributed by atoms with Crippen LogP contribution in [-0.2, 0) is 0 Å². The Balaban J connectivity index is 1.75. The second kappa shape index (κ2) is 4.96. The van der Waals surface area contributed by atoms with E-state index < -0.39 is 0 Å². The zero-order valence-electron chi connectivity index (χ0n) is 11.6. The van der Waals surface area contributed by atoms with Crippen LogP contribution < -0.4 is 5.32 Å². The molecule has 1 amide bonds. The third-order valence-corrected chi connectivity index (χ3v) is 3.93. The van der Waals surface area contributed by atoms with E-state index in [-0.39, 0.29) is 5.91 Å². The summed E-state index contributed by atoms with van der Waals surface area (Å²) in [5.74, 6) is 0.993. The first-order valence-electron chi connectivity index (χ1n) is 7.13. The van der Waals surface area contributed by atoms with Crippen LogP contribution in [0.5, 0.6) is 0 Å². The van der Waals surface area contributed by atoms with E-state index in [0.717, 1.165) is 32.4 Å². The molecule has 2 heterocycles. The van der Waals surface area contributed by atoms with E-state index in [4.69, 9.17) is 4.42 Å². The minimum Gasteiger partial charge on any atom is -0.436 e. The van der Waals surface area contributed by atoms with Crippen LogP contribution in [0, 0.1) is 13.8 Å². The van der Waals surface area contributed by atoms with Gasteiger partial charge in [-0.1, -0.05) is 0 Å². The Bertz CT molecular complexity index is 473. The van der Waals surface area contributed by atoms with Crippen LogP contribution >= 0.6 is 0 Å². The van der Waals surface area contributed by atoms with Crippen LogP contribution in [-0.4, -0.2) is 41.0 Å². The lowest BCUT2D eigenvalue weighted by Crippen LogP contribution is -2.42. The Hall–Kier alpha value is -1.36. The monoisotopic (exact) mass is 263 g/mol. The summed E-state index contributed by atoms with van der Waals surface area (Å²) in [6.45, 7) is 5.48. The Morgan fingerprint density at radius 2 is 2.21 bits per heavy atom. The number of carbonyl (C=O) groups excluding carboxylic acids is 1. The normalized spacial score (nSPS) is 22.7. The van der Waals surface area contributed by atoms with Gasteiger partial charge >= 0.3 is 0 Å². The van der Waals surface area contributed by atoms with Gasteiger partial charge in [-0.2, -0.15) is 0 Å². The van der Waals surface area contributed by atoms with Gasteiger partial charge in [0.05, 0.1) is 5.69 Å². The van der Waals surface area contributed by atoms with E-state index >= 15 is 0 Å². The molecular weight excluding hydrogens is 242 g/mol. The third-order valence-electron chi connectivity index (χ3n) is 3.93. The molecule has 1 aromatic heterocycles. The van der Waals surface area contributed by atoms with E-state index in [1.807, 2.05) is 11.8 Å². The average molecular weight is 263 g/mol. The molecule has 0 spiro atoms. The highest BCUT2D eigenvalue weighted by Crippen LogP contribution is 2.29. The highest BCUT2D eigenvalue weighted by atomic mass is 16.4. The number of hydrogen-bond acceptors (Lipinski definition) is 4. The van der Waals surface area contributed by atoms with Crippen molar-refractivity contribution in [1.82, 2.24) is 15.2 Å². The number of nitrogens with one attached hydrogen (secondary N) is 1. The number of rotatable bonds is 4. The molecule has 1 N–H and O–H groups in total. The molecule has 19 heavy (non-hydrogen) atoms. The van der Waals surface area contributed by atoms with E-state index in [1.54, 1.807) is 6.92 Å². The van der Waals surface area contributed by atoms with Crippen LogP contribution in [0.25, 0.3) is 0 Å². The van der Waals surface area contributed by atoms with Gasteiger partial charge in [-0.15, -0.1) is 0 Å². The van der Waals surface area contributed by atoms with Crippen molar-refractivity contribution < 1.29 is 9.21 Å². The summed E-state index contributed by atoms with van der Waals surface area (Å²) in [7, 11) is 0. The minimum atomic E-state index is 0.00861. The lowest BCUT2D eigenvalue weighted by Gasteiger charge is -2.25. The van der Waals surface area contributed by atoms with Crippen molar-refractivity contribution in [2.24, 2.45) is 0 Å². The molecule has 1 atom stereocenters. The van der Waals surface area contributed by atoms with Crippen molar-refractivity contribution in [3.63, 3.8) is 0 Å². The maximum absolute atomic E-state index is 12.6. The molecule has 2 fully saturated rings. The fraction of sp³-hybridized carbons (Fsp3) is 0.714. The number of oxazole rings is 1. The predicted molar refractivity (Wildman–Crippen MR) is 71.1 cm³/mol. The van der Waals surface area contributed by atoms with Crippen LogP contribution in [0.3, 0.4) is 0 Å². The summed E-state index contributed by atoms with van der Waals surface area (Å²) in [5, 5.41) is 3.46. The number of aryl methyl sites for hydroxylation is 2. The summed E-state index contributed by atoms with van der Waals surface area (Å²) in [5.41, 5.74) is 0.701. The van der Waals surface area contributed by atoms with Crippen molar-refractivity contribution >= 4 is 5.91 Å². The van der Waals surface area contributed by atoms with Crippen molar-refractivity contribution in [2.75, 3.05) is 13.1 Å². The van der Waals surface area contributed by atoms with Gasteiger partial charge in [0.1, 0.15) is 0 Å². The number of carbonyl (C=O) groups is 1. The topological polar surface area (TPSA) is 58.4 Å². The van der Waals surface area contributed by atoms with Gasteiger partial charge in [0.25, 0.3) is 5.91 Å². The van der Waals surface area contributed by atoms with E-state index in [0.29, 0.717) is 29.4 Å². The highest BCUT2D eigenvalue weighted by molar-refractivity contribution is 5.93. The predicted octanol–water partition coefficient (Wildman–Crippen LogP) is 1.65. The highest BCUT2D eigenvalue weighted by Gasteiger charge is 2.36. The standard InChI is InChI=1S/C14H21N3O2/c1-9-13(19-10(2)16-9)14(18)17(12-5-6-12)8-11-4-3-7-15-11/h11-12,15H,3-8H2,1-2H3. The molecule has 0 bridgehead atoms. The molecule has 1 aromatic rings. The number of nitrogens with zero attached hydrogens (tertiary/aromatic N) is 2. The molecule has 1 aliphatic heterocycles. The summed E-state index contributed by atoms with van der Waals surface area (Å²) >= 11 is 0. The summed E-state index contributed by atoms with van der Waals surface area (Å²) in [4.78, 5) is 18.8. The summed E-state index contributed by atoms with van der Waals surface area (Å²) in [6, 6.07) is 0.841. The van der Waals surface area contributed by atoms with Gasteiger partial charge in [-0.05, 0) is 39.2 Å². The molecule has 1 saturated carbocycles. The lowest BCUT2D eigenvalue weighted by atomic mass is 10.2. The molecule has 0 radical (unpaired) electrons. The molecule has 2 aliphatic rings. The van der Waals surface area contributed by atoms with E-state index in [9.17, 15) is 4.79 Å². The van der Waals surface area contributed by atoms with Crippen LogP contribution in [0.4, 0.5) is 0 Å². The Morgan fingerprint density at radius 3 is 2.74 bits per heavy atom. The zero-order chi connectivity index (χ0) is 13.4. The third kappa shape index (κ3) is 2.66. The smallest absolute Gasteiger partial charge is 0.291 e. The van der Waals surface area contributed by atoms with Crippen molar-refractivity contribution in [1.29, 1.82) is 0 Å². The average Bonchev–Trinajstić information content (AvgIpc) is 2.97. The second-order valence-corrected chi connectivity index (χ2v) is 5.63. The Morgan fingerprint density at radius 1 is 1.42 bits per heavy atom. The molecular formula is C14H21N3O2. The minimum absolute atomic E-state index is 0.00861. The zero-order valence-corrected chi connectivity index (χ0v) is 11.6. The first-order valence-corrected chi connectivity index (χ1v) is 7.13. The van der Waals surface area contributed by atoms with Gasteiger partial charge in [-0.25, -0.2) is 4.98 Å². The fourth-order valence-electron chi connectivity index (χ4n) is 2.79.